The average Bonchev–Trinajstić information content (AvgIpc) is 3.06. The van der Waals surface area contributed by atoms with Crippen molar-refractivity contribution in [2.45, 2.75) is 32.2 Å². The van der Waals surface area contributed by atoms with Crippen LogP contribution in [0.25, 0.3) is 0 Å². The molecule has 5 nitrogen and oxygen atoms in total. The van der Waals surface area contributed by atoms with Crippen molar-refractivity contribution < 1.29 is 13.6 Å². The maximum absolute atomic E-state index is 13.7. The van der Waals surface area contributed by atoms with E-state index in [0.29, 0.717) is 13.1 Å². The smallest absolute Gasteiger partial charge is 0.321 e. The number of benzene rings is 1. The number of aromatic nitrogens is 2. The highest BCUT2D eigenvalue weighted by Gasteiger charge is 2.27. The SMILES string of the molecule is CCn1ccnc1[C@H]1CCCN(C(=O)Nc2ccc(F)cc2F)C1. The first-order valence-corrected chi connectivity index (χ1v) is 8.10. The Morgan fingerprint density at radius 1 is 1.42 bits per heavy atom. The van der Waals surface area contributed by atoms with E-state index in [4.69, 9.17) is 0 Å². The topological polar surface area (TPSA) is 50.2 Å². The van der Waals surface area contributed by atoms with Crippen LogP contribution in [-0.2, 0) is 6.54 Å². The van der Waals surface area contributed by atoms with Gasteiger partial charge in [-0.15, -0.1) is 0 Å². The molecular formula is C17H20F2N4O. The zero-order valence-corrected chi connectivity index (χ0v) is 13.5. The van der Waals surface area contributed by atoms with Gasteiger partial charge in [-0.1, -0.05) is 0 Å². The molecule has 1 atom stereocenters. The van der Waals surface area contributed by atoms with Crippen molar-refractivity contribution in [2.75, 3.05) is 18.4 Å². The number of anilines is 1. The second-order valence-electron chi connectivity index (χ2n) is 5.91. The third-order valence-electron chi connectivity index (χ3n) is 4.33. The molecule has 0 radical (unpaired) electrons. The minimum Gasteiger partial charge on any atom is -0.335 e. The monoisotopic (exact) mass is 334 g/mol. The lowest BCUT2D eigenvalue weighted by Gasteiger charge is -2.32. The van der Waals surface area contributed by atoms with Gasteiger partial charge in [-0.3, -0.25) is 0 Å². The van der Waals surface area contributed by atoms with Gasteiger partial charge < -0.3 is 14.8 Å². The van der Waals surface area contributed by atoms with Crippen LogP contribution in [0.4, 0.5) is 19.3 Å². The van der Waals surface area contributed by atoms with E-state index in [1.165, 1.54) is 6.07 Å². The first kappa shape index (κ1) is 16.4. The van der Waals surface area contributed by atoms with Gasteiger partial charge >= 0.3 is 6.03 Å². The predicted octanol–water partition coefficient (Wildman–Crippen LogP) is 3.59. The second-order valence-corrected chi connectivity index (χ2v) is 5.91. The summed E-state index contributed by atoms with van der Waals surface area (Å²) in [6, 6.07) is 2.73. The molecular weight excluding hydrogens is 314 g/mol. The Kier molecular flexibility index (Phi) is 4.78. The number of imidazole rings is 1. The van der Waals surface area contributed by atoms with Gasteiger partial charge in [0.15, 0.2) is 0 Å². The summed E-state index contributed by atoms with van der Waals surface area (Å²) < 4.78 is 28.7. The molecule has 2 heterocycles. The standard InChI is InChI=1S/C17H20F2N4O/c1-2-22-9-7-20-16(22)12-4-3-8-23(11-12)17(24)21-15-6-5-13(18)10-14(15)19/h5-7,9-10,12H,2-4,8,11H2,1H3,(H,21,24)/t12-/m0/s1. The van der Waals surface area contributed by atoms with E-state index in [1.807, 2.05) is 6.20 Å². The van der Waals surface area contributed by atoms with Gasteiger partial charge in [0.2, 0.25) is 0 Å². The molecule has 24 heavy (non-hydrogen) atoms. The van der Waals surface area contributed by atoms with Crippen molar-refractivity contribution >= 4 is 11.7 Å². The number of aryl methyl sites for hydroxylation is 1. The van der Waals surface area contributed by atoms with Crippen LogP contribution in [-0.4, -0.2) is 33.6 Å². The fraction of sp³-hybridized carbons (Fsp3) is 0.412. The van der Waals surface area contributed by atoms with Crippen molar-refractivity contribution in [3.05, 3.63) is 48.1 Å². The Morgan fingerprint density at radius 2 is 2.25 bits per heavy atom. The zero-order valence-electron chi connectivity index (χ0n) is 13.5. The number of nitrogens with zero attached hydrogens (tertiary/aromatic N) is 3. The number of amides is 2. The molecule has 0 bridgehead atoms. The molecule has 2 amide bonds. The van der Waals surface area contributed by atoms with Gasteiger partial charge in [0.25, 0.3) is 0 Å². The summed E-state index contributed by atoms with van der Waals surface area (Å²) in [7, 11) is 0. The van der Waals surface area contributed by atoms with Gasteiger partial charge in [0, 0.05) is 44.0 Å². The van der Waals surface area contributed by atoms with Gasteiger partial charge in [-0.25, -0.2) is 18.6 Å². The molecule has 1 aliphatic heterocycles. The fourth-order valence-electron chi connectivity index (χ4n) is 3.11. The molecule has 1 N–H and O–H groups in total. The van der Waals surface area contributed by atoms with Crippen molar-refractivity contribution in [3.8, 4) is 0 Å². The summed E-state index contributed by atoms with van der Waals surface area (Å²) in [4.78, 5) is 18.5. The number of nitrogens with one attached hydrogen (secondary N) is 1. The summed E-state index contributed by atoms with van der Waals surface area (Å²) >= 11 is 0. The molecule has 0 spiro atoms. The summed E-state index contributed by atoms with van der Waals surface area (Å²) in [6.07, 6.45) is 5.53. The molecule has 1 aromatic heterocycles. The maximum Gasteiger partial charge on any atom is 0.321 e. The minimum atomic E-state index is -0.779. The number of piperidine rings is 1. The van der Waals surface area contributed by atoms with Crippen LogP contribution in [0.2, 0.25) is 0 Å². The molecule has 0 aliphatic carbocycles. The van der Waals surface area contributed by atoms with Crippen LogP contribution >= 0.6 is 0 Å². The number of carbonyl (C=O) groups is 1. The number of carbonyl (C=O) groups excluding carboxylic acids is 1. The lowest BCUT2D eigenvalue weighted by atomic mass is 9.97. The molecule has 1 aromatic carbocycles. The predicted molar refractivity (Wildman–Crippen MR) is 86.8 cm³/mol. The minimum absolute atomic E-state index is 0.0152. The highest BCUT2D eigenvalue weighted by atomic mass is 19.1. The van der Waals surface area contributed by atoms with Gasteiger partial charge in [0.05, 0.1) is 5.69 Å². The van der Waals surface area contributed by atoms with Crippen molar-refractivity contribution in [3.63, 3.8) is 0 Å². The van der Waals surface area contributed by atoms with Crippen LogP contribution in [0.15, 0.2) is 30.6 Å². The molecule has 2 aromatic rings. The number of urea groups is 1. The van der Waals surface area contributed by atoms with E-state index in [2.05, 4.69) is 21.8 Å². The van der Waals surface area contributed by atoms with Gasteiger partial charge in [-0.05, 0) is 31.9 Å². The average molecular weight is 334 g/mol. The van der Waals surface area contributed by atoms with Crippen molar-refractivity contribution in [1.29, 1.82) is 0 Å². The van der Waals surface area contributed by atoms with E-state index < -0.39 is 11.6 Å². The Morgan fingerprint density at radius 3 is 3.00 bits per heavy atom. The fourth-order valence-corrected chi connectivity index (χ4v) is 3.11. The molecule has 0 unspecified atom stereocenters. The first-order valence-electron chi connectivity index (χ1n) is 8.10. The van der Waals surface area contributed by atoms with E-state index in [9.17, 15) is 13.6 Å². The highest BCUT2D eigenvalue weighted by Crippen LogP contribution is 2.26. The lowest BCUT2D eigenvalue weighted by Crippen LogP contribution is -2.42. The van der Waals surface area contributed by atoms with Crippen LogP contribution < -0.4 is 5.32 Å². The molecule has 128 valence electrons. The molecule has 1 saturated heterocycles. The maximum atomic E-state index is 13.7. The Hall–Kier alpha value is -2.44. The Bertz CT molecular complexity index is 731. The largest absolute Gasteiger partial charge is 0.335 e. The molecule has 1 fully saturated rings. The summed E-state index contributed by atoms with van der Waals surface area (Å²) in [5, 5.41) is 2.52. The van der Waals surface area contributed by atoms with Gasteiger partial charge in [0.1, 0.15) is 17.5 Å². The first-order chi connectivity index (χ1) is 11.6. The third-order valence-corrected chi connectivity index (χ3v) is 4.33. The number of hydrogen-bond acceptors (Lipinski definition) is 2. The van der Waals surface area contributed by atoms with Crippen molar-refractivity contribution in [2.24, 2.45) is 0 Å². The zero-order chi connectivity index (χ0) is 17.1. The van der Waals surface area contributed by atoms with E-state index in [-0.39, 0.29) is 17.6 Å². The summed E-state index contributed by atoms with van der Waals surface area (Å²) in [5.41, 5.74) is -0.0152. The van der Waals surface area contributed by atoms with Crippen LogP contribution in [0.3, 0.4) is 0 Å². The Labute approximate surface area is 139 Å². The summed E-state index contributed by atoms with van der Waals surface area (Å²) in [6.45, 7) is 4.03. The van der Waals surface area contributed by atoms with E-state index in [1.54, 1.807) is 11.1 Å². The van der Waals surface area contributed by atoms with Crippen molar-refractivity contribution in [1.82, 2.24) is 14.5 Å². The number of halogens is 2. The molecule has 1 aliphatic rings. The summed E-state index contributed by atoms with van der Waals surface area (Å²) in [5.74, 6) is -0.311. The Balaban J connectivity index is 1.69. The molecule has 3 rings (SSSR count). The molecule has 7 heteroatoms. The highest BCUT2D eigenvalue weighted by molar-refractivity contribution is 5.89. The van der Waals surface area contributed by atoms with Crippen LogP contribution in [0.1, 0.15) is 31.5 Å². The number of rotatable bonds is 3. The van der Waals surface area contributed by atoms with E-state index >= 15 is 0 Å². The number of hydrogen-bond donors (Lipinski definition) is 1. The van der Waals surface area contributed by atoms with E-state index in [0.717, 1.165) is 37.3 Å². The second kappa shape index (κ2) is 6.98. The van der Waals surface area contributed by atoms with Crippen LogP contribution in [0, 0.1) is 11.6 Å². The van der Waals surface area contributed by atoms with Crippen LogP contribution in [0.5, 0.6) is 0 Å². The number of likely N-dealkylation sites (tertiary alicyclic amines) is 1. The third kappa shape index (κ3) is 3.39. The van der Waals surface area contributed by atoms with Gasteiger partial charge in [-0.2, -0.15) is 0 Å². The quantitative estimate of drug-likeness (QED) is 0.932. The lowest BCUT2D eigenvalue weighted by molar-refractivity contribution is 0.190. The molecule has 0 saturated carbocycles. The normalized spacial score (nSPS) is 17.8.